The monoisotopic (exact) mass is 390 g/mol. The third-order valence-corrected chi connectivity index (χ3v) is 5.63. The van der Waals surface area contributed by atoms with Gasteiger partial charge in [-0.05, 0) is 38.5 Å². The van der Waals surface area contributed by atoms with Crippen LogP contribution >= 0.6 is 11.3 Å². The second-order valence-corrected chi connectivity index (χ2v) is 7.56. The van der Waals surface area contributed by atoms with Gasteiger partial charge in [0.15, 0.2) is 0 Å². The number of benzene rings is 1. The van der Waals surface area contributed by atoms with E-state index in [1.54, 1.807) is 20.0 Å². The first-order valence-electron chi connectivity index (χ1n) is 8.78. The Morgan fingerprint density at radius 1 is 1.04 bits per heavy atom. The summed E-state index contributed by atoms with van der Waals surface area (Å²) in [5.41, 5.74) is 3.51. The van der Waals surface area contributed by atoms with Gasteiger partial charge in [-0.15, -0.1) is 11.3 Å². The molecule has 0 unspecified atom stereocenters. The SMILES string of the molecule is Cc1ccn2c(=O)c(NC(=O)c3sc(-c4ccccc4)nc3C)c(C)nc2c1. The predicted molar refractivity (Wildman–Crippen MR) is 111 cm³/mol. The van der Waals surface area contributed by atoms with Crippen LogP contribution in [0.15, 0.2) is 53.5 Å². The summed E-state index contributed by atoms with van der Waals surface area (Å²) >= 11 is 1.30. The maximum absolute atomic E-state index is 12.9. The van der Waals surface area contributed by atoms with Crippen LogP contribution < -0.4 is 10.9 Å². The van der Waals surface area contributed by atoms with Gasteiger partial charge in [0.25, 0.3) is 11.5 Å². The summed E-state index contributed by atoms with van der Waals surface area (Å²) in [4.78, 5) is 35.1. The predicted octanol–water partition coefficient (Wildman–Crippen LogP) is 4.00. The number of anilines is 1. The summed E-state index contributed by atoms with van der Waals surface area (Å²) in [5.74, 6) is -0.355. The average Bonchev–Trinajstić information content (AvgIpc) is 3.07. The fourth-order valence-electron chi connectivity index (χ4n) is 2.98. The molecule has 140 valence electrons. The summed E-state index contributed by atoms with van der Waals surface area (Å²) in [7, 11) is 0. The molecule has 0 fully saturated rings. The van der Waals surface area contributed by atoms with E-state index in [-0.39, 0.29) is 17.2 Å². The minimum atomic E-state index is -0.355. The van der Waals surface area contributed by atoms with Crippen LogP contribution in [0.5, 0.6) is 0 Å². The van der Waals surface area contributed by atoms with Crippen LogP contribution in [-0.2, 0) is 0 Å². The van der Waals surface area contributed by atoms with Crippen molar-refractivity contribution in [2.24, 2.45) is 0 Å². The molecule has 0 radical (unpaired) electrons. The number of aromatic nitrogens is 3. The second kappa shape index (κ2) is 7.01. The Hall–Kier alpha value is -3.32. The van der Waals surface area contributed by atoms with E-state index in [1.807, 2.05) is 49.4 Å². The maximum Gasteiger partial charge on any atom is 0.281 e. The molecule has 0 saturated heterocycles. The Kier molecular flexibility index (Phi) is 4.52. The normalized spacial score (nSPS) is 11.0. The van der Waals surface area contributed by atoms with Gasteiger partial charge in [0, 0.05) is 11.8 Å². The van der Waals surface area contributed by atoms with Gasteiger partial charge >= 0.3 is 0 Å². The molecule has 0 aliphatic rings. The summed E-state index contributed by atoms with van der Waals surface area (Å²) in [6.07, 6.45) is 1.67. The van der Waals surface area contributed by atoms with Crippen LogP contribution in [0.3, 0.4) is 0 Å². The topological polar surface area (TPSA) is 76.4 Å². The molecule has 4 rings (SSSR count). The zero-order valence-corrected chi connectivity index (χ0v) is 16.5. The van der Waals surface area contributed by atoms with Crippen LogP contribution in [0.2, 0.25) is 0 Å². The summed E-state index contributed by atoms with van der Waals surface area (Å²) in [6.45, 7) is 5.45. The number of nitrogens with one attached hydrogen (secondary N) is 1. The molecule has 1 aromatic carbocycles. The first-order chi connectivity index (χ1) is 13.4. The van der Waals surface area contributed by atoms with Crippen LogP contribution in [0.4, 0.5) is 5.69 Å². The molecule has 0 bridgehead atoms. The van der Waals surface area contributed by atoms with Crippen molar-refractivity contribution in [3.63, 3.8) is 0 Å². The number of thiazole rings is 1. The molecule has 0 atom stereocenters. The average molecular weight is 390 g/mol. The Bertz CT molecular complexity index is 1260. The van der Waals surface area contributed by atoms with Crippen molar-refractivity contribution in [1.29, 1.82) is 0 Å². The smallest absolute Gasteiger partial charge is 0.281 e. The number of fused-ring (bicyclic) bond motifs is 1. The van der Waals surface area contributed by atoms with Gasteiger partial charge in [-0.25, -0.2) is 9.97 Å². The van der Waals surface area contributed by atoms with E-state index in [2.05, 4.69) is 15.3 Å². The van der Waals surface area contributed by atoms with Crippen molar-refractivity contribution in [3.8, 4) is 10.6 Å². The van der Waals surface area contributed by atoms with Crippen molar-refractivity contribution in [2.45, 2.75) is 20.8 Å². The van der Waals surface area contributed by atoms with Crippen molar-refractivity contribution >= 4 is 28.6 Å². The molecule has 3 heterocycles. The van der Waals surface area contributed by atoms with E-state index >= 15 is 0 Å². The molecule has 0 saturated carbocycles. The second-order valence-electron chi connectivity index (χ2n) is 6.56. The molecule has 1 N–H and O–H groups in total. The van der Waals surface area contributed by atoms with Crippen LogP contribution in [0.25, 0.3) is 16.2 Å². The fourth-order valence-corrected chi connectivity index (χ4v) is 3.94. The van der Waals surface area contributed by atoms with E-state index in [1.165, 1.54) is 15.7 Å². The van der Waals surface area contributed by atoms with Gasteiger partial charge in [-0.2, -0.15) is 0 Å². The molecular weight excluding hydrogens is 372 g/mol. The lowest BCUT2D eigenvalue weighted by Gasteiger charge is -2.09. The molecule has 1 amide bonds. The van der Waals surface area contributed by atoms with Gasteiger partial charge in [0.05, 0.1) is 11.4 Å². The van der Waals surface area contributed by atoms with Crippen molar-refractivity contribution in [2.75, 3.05) is 5.32 Å². The zero-order chi connectivity index (χ0) is 19.8. The van der Waals surface area contributed by atoms with E-state index in [9.17, 15) is 9.59 Å². The number of rotatable bonds is 3. The van der Waals surface area contributed by atoms with E-state index in [4.69, 9.17) is 0 Å². The highest BCUT2D eigenvalue weighted by atomic mass is 32.1. The lowest BCUT2D eigenvalue weighted by molar-refractivity contribution is 0.102. The number of hydrogen-bond donors (Lipinski definition) is 1. The molecular formula is C21H18N4O2S. The maximum atomic E-state index is 12.9. The number of pyridine rings is 1. The van der Waals surface area contributed by atoms with Gasteiger partial charge < -0.3 is 5.32 Å². The molecule has 28 heavy (non-hydrogen) atoms. The van der Waals surface area contributed by atoms with Crippen molar-refractivity contribution < 1.29 is 4.79 Å². The largest absolute Gasteiger partial charge is 0.315 e. The minimum absolute atomic E-state index is 0.181. The Labute approximate surface area is 165 Å². The fraction of sp³-hybridized carbons (Fsp3) is 0.143. The standard InChI is InChI=1S/C21H18N4O2S/c1-12-9-10-25-16(11-12)22-13(2)17(21(25)27)24-19(26)18-14(3)23-20(28-18)15-7-5-4-6-8-15/h4-11H,1-3H3,(H,24,26). The number of carbonyl (C=O) groups excluding carboxylic acids is 1. The van der Waals surface area contributed by atoms with E-state index in [0.29, 0.717) is 21.9 Å². The highest BCUT2D eigenvalue weighted by Crippen LogP contribution is 2.28. The first-order valence-corrected chi connectivity index (χ1v) is 9.59. The summed E-state index contributed by atoms with van der Waals surface area (Å²) < 4.78 is 1.44. The first kappa shape index (κ1) is 18.1. The van der Waals surface area contributed by atoms with Gasteiger partial charge in [-0.1, -0.05) is 30.3 Å². The molecule has 3 aromatic heterocycles. The molecule has 0 aliphatic heterocycles. The summed E-state index contributed by atoms with van der Waals surface area (Å²) in [5, 5.41) is 3.51. The molecule has 7 heteroatoms. The van der Waals surface area contributed by atoms with E-state index < -0.39 is 0 Å². The van der Waals surface area contributed by atoms with Crippen LogP contribution in [-0.4, -0.2) is 20.3 Å². The number of hydrogen-bond acceptors (Lipinski definition) is 5. The van der Waals surface area contributed by atoms with Gasteiger partial charge in [-0.3, -0.25) is 14.0 Å². The highest BCUT2D eigenvalue weighted by Gasteiger charge is 2.19. The van der Waals surface area contributed by atoms with Crippen LogP contribution in [0.1, 0.15) is 26.6 Å². The molecule has 4 aromatic rings. The van der Waals surface area contributed by atoms with Crippen molar-refractivity contribution in [3.05, 3.63) is 80.8 Å². The lowest BCUT2D eigenvalue weighted by atomic mass is 10.2. The lowest BCUT2D eigenvalue weighted by Crippen LogP contribution is -2.25. The molecule has 0 spiro atoms. The third kappa shape index (κ3) is 3.20. The van der Waals surface area contributed by atoms with Crippen molar-refractivity contribution in [1.82, 2.24) is 14.4 Å². The molecule has 0 aliphatic carbocycles. The number of aryl methyl sites for hydroxylation is 3. The quantitative estimate of drug-likeness (QED) is 0.574. The minimum Gasteiger partial charge on any atom is -0.315 e. The van der Waals surface area contributed by atoms with E-state index in [0.717, 1.165) is 16.1 Å². The van der Waals surface area contributed by atoms with Crippen LogP contribution in [0, 0.1) is 20.8 Å². The summed E-state index contributed by atoms with van der Waals surface area (Å²) in [6, 6.07) is 13.4. The van der Waals surface area contributed by atoms with Gasteiger partial charge in [0.1, 0.15) is 21.2 Å². The van der Waals surface area contributed by atoms with Gasteiger partial charge in [0.2, 0.25) is 0 Å². The molecule has 6 nitrogen and oxygen atoms in total. The Balaban J connectivity index is 1.71. The Morgan fingerprint density at radius 3 is 2.54 bits per heavy atom. The number of nitrogens with zero attached hydrogens (tertiary/aromatic N) is 3. The number of amides is 1. The zero-order valence-electron chi connectivity index (χ0n) is 15.7. The Morgan fingerprint density at radius 2 is 1.79 bits per heavy atom. The number of carbonyl (C=O) groups is 1. The third-order valence-electron chi connectivity index (χ3n) is 4.43. The highest BCUT2D eigenvalue weighted by molar-refractivity contribution is 7.17.